The first-order chi connectivity index (χ1) is 24.3. The summed E-state index contributed by atoms with van der Waals surface area (Å²) in [5.41, 5.74) is 1.91. The van der Waals surface area contributed by atoms with Crippen LogP contribution in [0.3, 0.4) is 0 Å². The molecule has 10 heteroatoms. The number of nitrogens with zero attached hydrogens (tertiary/aromatic N) is 2. The molecule has 4 aliphatic carbocycles. The van der Waals surface area contributed by atoms with Crippen molar-refractivity contribution in [1.82, 2.24) is 9.21 Å². The van der Waals surface area contributed by atoms with Crippen LogP contribution in [0.25, 0.3) is 0 Å². The minimum absolute atomic E-state index is 0.0489. The van der Waals surface area contributed by atoms with Gasteiger partial charge < -0.3 is 19.1 Å². The number of ether oxygens (including phenoxy) is 3. The third-order valence-electron chi connectivity index (χ3n) is 15.1. The molecule has 0 N–H and O–H groups in total. The number of benzene rings is 1. The van der Waals surface area contributed by atoms with Crippen LogP contribution in [0.4, 0.5) is 0 Å². The van der Waals surface area contributed by atoms with Gasteiger partial charge in [-0.05, 0) is 97.5 Å². The van der Waals surface area contributed by atoms with E-state index < -0.39 is 10.0 Å². The number of hydrogen-bond acceptors (Lipinski definition) is 7. The maximum Gasteiger partial charge on any atom is 0.306 e. The molecule has 1 amide bonds. The van der Waals surface area contributed by atoms with Gasteiger partial charge in [0.2, 0.25) is 15.9 Å². The van der Waals surface area contributed by atoms with Crippen molar-refractivity contribution < 1.29 is 32.2 Å². The van der Waals surface area contributed by atoms with E-state index in [1.807, 2.05) is 0 Å². The molecular weight excluding hydrogens is 665 g/mol. The van der Waals surface area contributed by atoms with Crippen molar-refractivity contribution in [2.24, 2.45) is 46.3 Å². The highest BCUT2D eigenvalue weighted by atomic mass is 32.2. The number of esters is 1. The van der Waals surface area contributed by atoms with Crippen LogP contribution in [0.1, 0.15) is 98.3 Å². The average Bonchev–Trinajstić information content (AvgIpc) is 3.58. The molecule has 1 aromatic rings. The molecule has 0 radical (unpaired) electrons. The SMILES string of the molecule is C[C@@H]1CC[C@@]2(OC1)O[C@H]1C[C@H]3[C@@H]4CC=C5C[C@@H](OC(=O)CCC(=O)N6CCN(S(=O)(=O)c7ccccc7)CC6)CC[C@]5(C)[C@H]4CC[C@]3(C)[C@H]1[C@@H]2C. The van der Waals surface area contributed by atoms with Gasteiger partial charge in [-0.25, -0.2) is 8.42 Å². The summed E-state index contributed by atoms with van der Waals surface area (Å²) < 4.78 is 46.8. The molecule has 6 fully saturated rings. The Balaban J connectivity index is 0.832. The Labute approximate surface area is 304 Å². The fourth-order valence-corrected chi connectivity index (χ4v) is 13.7. The molecular formula is C41H58N2O7S. The molecule has 11 atom stereocenters. The van der Waals surface area contributed by atoms with Crippen LogP contribution in [-0.4, -0.2) is 80.3 Å². The molecule has 3 saturated heterocycles. The van der Waals surface area contributed by atoms with Gasteiger partial charge >= 0.3 is 5.97 Å². The normalized spacial score (nSPS) is 42.4. The highest BCUT2D eigenvalue weighted by Crippen LogP contribution is 2.70. The van der Waals surface area contributed by atoms with Crippen LogP contribution in [0.2, 0.25) is 0 Å². The van der Waals surface area contributed by atoms with E-state index in [4.69, 9.17) is 14.2 Å². The molecule has 8 rings (SSSR count). The van der Waals surface area contributed by atoms with E-state index in [0.717, 1.165) is 45.1 Å². The van der Waals surface area contributed by atoms with Crippen molar-refractivity contribution in [3.05, 3.63) is 42.0 Å². The standard InChI is InChI=1S/C41H58N2O7S/c1-27-14-19-41(48-26-27)28(2)38-35(50-41)25-34-32-11-10-29-24-30(15-17-39(29,3)33(32)16-18-40(34,38)4)49-37(45)13-12-36(44)42-20-22-43(23-21-42)51(46,47)31-8-6-5-7-9-31/h5-10,27-28,30,32-35,38H,11-26H2,1-4H3/t27-,28+,30+,32-,33+,34+,35+,38+,39+,40+,41-/m1/s1. The lowest BCUT2D eigenvalue weighted by atomic mass is 9.47. The fraction of sp³-hybridized carbons (Fsp3) is 0.756. The van der Waals surface area contributed by atoms with E-state index in [0.29, 0.717) is 60.1 Å². The van der Waals surface area contributed by atoms with E-state index >= 15 is 0 Å². The molecule has 1 aromatic carbocycles. The lowest BCUT2D eigenvalue weighted by Crippen LogP contribution is -2.52. The first-order valence-corrected chi connectivity index (χ1v) is 21.3. The van der Waals surface area contributed by atoms with Crippen LogP contribution in [-0.2, 0) is 33.8 Å². The predicted octanol–water partition coefficient (Wildman–Crippen LogP) is 6.58. The number of carbonyl (C=O) groups is 2. The lowest BCUT2D eigenvalue weighted by Gasteiger charge is -2.58. The second kappa shape index (κ2) is 13.2. The Hall–Kier alpha value is -2.27. The summed E-state index contributed by atoms with van der Waals surface area (Å²) in [4.78, 5) is 27.9. The number of hydrogen-bond donors (Lipinski definition) is 0. The van der Waals surface area contributed by atoms with Crippen molar-refractivity contribution in [2.45, 2.75) is 121 Å². The Kier molecular flexibility index (Phi) is 9.28. The minimum Gasteiger partial charge on any atom is -0.462 e. The van der Waals surface area contributed by atoms with Crippen LogP contribution in [0, 0.1) is 46.3 Å². The van der Waals surface area contributed by atoms with Crippen LogP contribution in [0.15, 0.2) is 46.9 Å². The van der Waals surface area contributed by atoms with E-state index in [9.17, 15) is 18.0 Å². The topological polar surface area (TPSA) is 102 Å². The van der Waals surface area contributed by atoms with E-state index in [1.165, 1.54) is 29.1 Å². The summed E-state index contributed by atoms with van der Waals surface area (Å²) in [5.74, 6) is 2.81. The summed E-state index contributed by atoms with van der Waals surface area (Å²) in [7, 11) is -3.58. The number of fused-ring (bicyclic) bond motifs is 7. The zero-order valence-electron chi connectivity index (χ0n) is 31.1. The van der Waals surface area contributed by atoms with Crippen molar-refractivity contribution >= 4 is 21.9 Å². The molecule has 3 heterocycles. The zero-order valence-corrected chi connectivity index (χ0v) is 31.9. The van der Waals surface area contributed by atoms with Gasteiger partial charge in [0.1, 0.15) is 6.10 Å². The van der Waals surface area contributed by atoms with Crippen LogP contribution < -0.4 is 0 Å². The van der Waals surface area contributed by atoms with Gasteiger partial charge in [0.15, 0.2) is 5.79 Å². The summed E-state index contributed by atoms with van der Waals surface area (Å²) in [6.45, 7) is 11.7. The number of amides is 1. The van der Waals surface area contributed by atoms with E-state index in [-0.39, 0.29) is 60.0 Å². The molecule has 9 nitrogen and oxygen atoms in total. The molecule has 0 aromatic heterocycles. The average molecular weight is 723 g/mol. The molecule has 3 saturated carbocycles. The third kappa shape index (κ3) is 6.02. The second-order valence-corrected chi connectivity index (χ2v) is 19.7. The molecule has 7 aliphatic rings. The van der Waals surface area contributed by atoms with Gasteiger partial charge in [-0.1, -0.05) is 57.5 Å². The summed E-state index contributed by atoms with van der Waals surface area (Å²) in [6.07, 6.45) is 12.5. The highest BCUT2D eigenvalue weighted by molar-refractivity contribution is 7.89. The van der Waals surface area contributed by atoms with Crippen molar-refractivity contribution in [2.75, 3.05) is 32.8 Å². The Bertz CT molecular complexity index is 1630. The maximum absolute atomic E-state index is 13.0. The van der Waals surface area contributed by atoms with Gasteiger partial charge in [-0.2, -0.15) is 4.31 Å². The minimum atomic E-state index is -3.58. The van der Waals surface area contributed by atoms with Crippen LogP contribution in [0.5, 0.6) is 0 Å². The summed E-state index contributed by atoms with van der Waals surface area (Å²) in [6, 6.07) is 8.39. The monoisotopic (exact) mass is 722 g/mol. The van der Waals surface area contributed by atoms with E-state index in [1.54, 1.807) is 35.2 Å². The van der Waals surface area contributed by atoms with Gasteiger partial charge in [-0.15, -0.1) is 0 Å². The number of sulfonamides is 1. The number of allylic oxidation sites excluding steroid dienone is 1. The fourth-order valence-electron chi connectivity index (χ4n) is 12.3. The van der Waals surface area contributed by atoms with Crippen molar-refractivity contribution in [1.29, 1.82) is 0 Å². The first kappa shape index (κ1) is 35.7. The quantitative estimate of drug-likeness (QED) is 0.242. The van der Waals surface area contributed by atoms with Gasteiger partial charge in [0, 0.05) is 51.4 Å². The molecule has 0 unspecified atom stereocenters. The smallest absolute Gasteiger partial charge is 0.306 e. The first-order valence-electron chi connectivity index (χ1n) is 19.9. The Morgan fingerprint density at radius 2 is 1.71 bits per heavy atom. The van der Waals surface area contributed by atoms with Crippen molar-refractivity contribution in [3.63, 3.8) is 0 Å². The van der Waals surface area contributed by atoms with Crippen molar-refractivity contribution in [3.8, 4) is 0 Å². The maximum atomic E-state index is 13.0. The lowest BCUT2D eigenvalue weighted by molar-refractivity contribution is -0.272. The van der Waals surface area contributed by atoms with E-state index in [2.05, 4.69) is 33.8 Å². The second-order valence-electron chi connectivity index (χ2n) is 17.7. The Morgan fingerprint density at radius 3 is 2.43 bits per heavy atom. The number of piperazine rings is 1. The molecule has 1 spiro atoms. The molecule has 3 aliphatic heterocycles. The summed E-state index contributed by atoms with van der Waals surface area (Å²) >= 11 is 0. The molecule has 280 valence electrons. The zero-order chi connectivity index (χ0) is 35.8. The predicted molar refractivity (Wildman–Crippen MR) is 193 cm³/mol. The number of carbonyl (C=O) groups excluding carboxylic acids is 2. The van der Waals surface area contributed by atoms with Crippen LogP contribution >= 0.6 is 0 Å². The third-order valence-corrected chi connectivity index (χ3v) is 17.1. The largest absolute Gasteiger partial charge is 0.462 e. The number of rotatable bonds is 6. The highest BCUT2D eigenvalue weighted by Gasteiger charge is 2.68. The van der Waals surface area contributed by atoms with Gasteiger partial charge in [0.25, 0.3) is 0 Å². The van der Waals surface area contributed by atoms with Gasteiger partial charge in [0.05, 0.1) is 24.0 Å². The summed E-state index contributed by atoms with van der Waals surface area (Å²) in [5, 5.41) is 0. The molecule has 51 heavy (non-hydrogen) atoms. The van der Waals surface area contributed by atoms with Gasteiger partial charge in [-0.3, -0.25) is 9.59 Å². The molecule has 0 bridgehead atoms. The Morgan fingerprint density at radius 1 is 0.941 bits per heavy atom.